The van der Waals surface area contributed by atoms with Gasteiger partial charge in [-0.25, -0.2) is 4.39 Å². The predicted molar refractivity (Wildman–Crippen MR) is 64.5 cm³/mol. The Hall–Kier alpha value is -1.42. The molecule has 2 fully saturated rings. The van der Waals surface area contributed by atoms with Crippen LogP contribution in [0.1, 0.15) is 24.8 Å². The van der Waals surface area contributed by atoms with Crippen molar-refractivity contribution < 1.29 is 14.3 Å². The lowest BCUT2D eigenvalue weighted by atomic mass is 9.89. The van der Waals surface area contributed by atoms with Crippen LogP contribution < -0.4 is 0 Å². The predicted octanol–water partition coefficient (Wildman–Crippen LogP) is 2.26. The summed E-state index contributed by atoms with van der Waals surface area (Å²) in [6, 6.07) is 7.04. The van der Waals surface area contributed by atoms with Crippen LogP contribution in [-0.4, -0.2) is 28.1 Å². The molecule has 96 valence electrons. The molecule has 1 aromatic rings. The molecule has 2 aliphatic rings. The number of aliphatic carboxylic acids is 1. The summed E-state index contributed by atoms with van der Waals surface area (Å²) in [6.45, 7) is 0.736. The number of carboxylic acid groups (broad SMARTS) is 1. The van der Waals surface area contributed by atoms with E-state index in [1.807, 2.05) is 0 Å². The fourth-order valence-corrected chi connectivity index (χ4v) is 3.41. The summed E-state index contributed by atoms with van der Waals surface area (Å²) < 4.78 is 12.8. The van der Waals surface area contributed by atoms with Gasteiger partial charge in [0.2, 0.25) is 0 Å². The first-order valence-corrected chi connectivity index (χ1v) is 6.38. The Bertz CT molecular complexity index is 459. The molecular formula is C14H16FNO2. The van der Waals surface area contributed by atoms with Crippen molar-refractivity contribution >= 4 is 5.97 Å². The molecular weight excluding hydrogens is 233 g/mol. The van der Waals surface area contributed by atoms with Crippen LogP contribution in [0.15, 0.2) is 24.3 Å². The summed E-state index contributed by atoms with van der Waals surface area (Å²) in [5.41, 5.74) is 1.05. The van der Waals surface area contributed by atoms with Crippen molar-refractivity contribution in [3.63, 3.8) is 0 Å². The summed E-state index contributed by atoms with van der Waals surface area (Å²) >= 11 is 0. The Morgan fingerprint density at radius 3 is 2.67 bits per heavy atom. The number of rotatable bonds is 3. The van der Waals surface area contributed by atoms with E-state index in [1.54, 1.807) is 12.1 Å². The molecule has 1 aromatic carbocycles. The van der Waals surface area contributed by atoms with Gasteiger partial charge in [0, 0.05) is 18.6 Å². The zero-order chi connectivity index (χ0) is 12.7. The van der Waals surface area contributed by atoms with Crippen molar-refractivity contribution in [2.24, 2.45) is 5.92 Å². The number of fused-ring (bicyclic) bond motifs is 2. The minimum absolute atomic E-state index is 0.164. The maximum absolute atomic E-state index is 12.8. The third kappa shape index (κ3) is 1.90. The first-order valence-electron chi connectivity index (χ1n) is 6.38. The average Bonchev–Trinajstić information content (AvgIpc) is 2.89. The van der Waals surface area contributed by atoms with Gasteiger partial charge in [-0.3, -0.25) is 9.69 Å². The van der Waals surface area contributed by atoms with Gasteiger partial charge in [-0.05, 0) is 37.0 Å². The lowest BCUT2D eigenvalue weighted by Gasteiger charge is -2.22. The Kier molecular flexibility index (Phi) is 2.82. The first-order chi connectivity index (χ1) is 8.65. The monoisotopic (exact) mass is 249 g/mol. The molecule has 2 aliphatic heterocycles. The molecule has 0 spiro atoms. The fourth-order valence-electron chi connectivity index (χ4n) is 3.41. The number of hydrogen-bond donors (Lipinski definition) is 1. The van der Waals surface area contributed by atoms with Gasteiger partial charge in [-0.1, -0.05) is 12.1 Å². The molecule has 0 aliphatic carbocycles. The number of carboxylic acids is 1. The van der Waals surface area contributed by atoms with Gasteiger partial charge >= 0.3 is 5.97 Å². The number of benzene rings is 1. The molecule has 0 aromatic heterocycles. The van der Waals surface area contributed by atoms with Crippen LogP contribution in [0.2, 0.25) is 0 Å². The van der Waals surface area contributed by atoms with Crippen molar-refractivity contribution in [1.82, 2.24) is 4.90 Å². The molecule has 0 amide bonds. The van der Waals surface area contributed by atoms with Crippen molar-refractivity contribution in [2.75, 3.05) is 0 Å². The van der Waals surface area contributed by atoms with Crippen LogP contribution in [0.4, 0.5) is 4.39 Å². The van der Waals surface area contributed by atoms with Crippen LogP contribution >= 0.6 is 0 Å². The third-order valence-corrected chi connectivity index (χ3v) is 4.28. The normalized spacial score (nSPS) is 30.8. The zero-order valence-electron chi connectivity index (χ0n) is 10.1. The van der Waals surface area contributed by atoms with E-state index >= 15 is 0 Å². The summed E-state index contributed by atoms with van der Waals surface area (Å²) in [5.74, 6) is -1.12. The van der Waals surface area contributed by atoms with Crippen LogP contribution in [0, 0.1) is 11.7 Å². The van der Waals surface area contributed by atoms with E-state index in [9.17, 15) is 14.3 Å². The quantitative estimate of drug-likeness (QED) is 0.893. The highest BCUT2D eigenvalue weighted by Crippen LogP contribution is 2.42. The standard InChI is InChI=1S/C14H16FNO2/c15-10-3-1-9(2-4-10)8-16-11-5-6-13(16)12(7-11)14(17)18/h1-4,11-13H,5-8H2,(H,17,18). The first kappa shape index (κ1) is 11.7. The van der Waals surface area contributed by atoms with Gasteiger partial charge in [0.25, 0.3) is 0 Å². The maximum Gasteiger partial charge on any atom is 0.308 e. The molecule has 4 heteroatoms. The van der Waals surface area contributed by atoms with Crippen molar-refractivity contribution in [3.05, 3.63) is 35.6 Å². The van der Waals surface area contributed by atoms with E-state index in [4.69, 9.17) is 0 Å². The summed E-state index contributed by atoms with van der Waals surface area (Å²) in [4.78, 5) is 13.4. The van der Waals surface area contributed by atoms with Crippen molar-refractivity contribution in [2.45, 2.75) is 37.9 Å². The van der Waals surface area contributed by atoms with E-state index in [0.717, 1.165) is 31.4 Å². The maximum atomic E-state index is 12.8. The van der Waals surface area contributed by atoms with E-state index in [2.05, 4.69) is 4.90 Å². The third-order valence-electron chi connectivity index (χ3n) is 4.28. The van der Waals surface area contributed by atoms with Crippen LogP contribution in [0.25, 0.3) is 0 Å². The minimum Gasteiger partial charge on any atom is -0.481 e. The summed E-state index contributed by atoms with van der Waals surface area (Å²) in [6.07, 6.45) is 2.83. The number of halogens is 1. The Morgan fingerprint density at radius 2 is 2.06 bits per heavy atom. The van der Waals surface area contributed by atoms with Crippen molar-refractivity contribution in [3.8, 4) is 0 Å². The molecule has 3 rings (SSSR count). The van der Waals surface area contributed by atoms with Crippen LogP contribution in [0.5, 0.6) is 0 Å². The Labute approximate surface area is 105 Å². The second kappa shape index (κ2) is 4.35. The van der Waals surface area contributed by atoms with Crippen molar-refractivity contribution in [1.29, 1.82) is 0 Å². The molecule has 3 nitrogen and oxygen atoms in total. The van der Waals surface area contributed by atoms with Gasteiger partial charge in [-0.15, -0.1) is 0 Å². The van der Waals surface area contributed by atoms with E-state index in [-0.39, 0.29) is 17.8 Å². The molecule has 3 unspecified atom stereocenters. The van der Waals surface area contributed by atoms with Gasteiger partial charge < -0.3 is 5.11 Å². The topological polar surface area (TPSA) is 40.5 Å². The SMILES string of the molecule is O=C(O)C1CC2CCC1N2Cc1ccc(F)cc1. The number of carbonyl (C=O) groups is 1. The van der Waals surface area contributed by atoms with Crippen LogP contribution in [-0.2, 0) is 11.3 Å². The zero-order valence-corrected chi connectivity index (χ0v) is 10.1. The Morgan fingerprint density at radius 1 is 1.33 bits per heavy atom. The second-order valence-electron chi connectivity index (χ2n) is 5.28. The summed E-state index contributed by atoms with van der Waals surface area (Å²) in [7, 11) is 0. The highest BCUT2D eigenvalue weighted by molar-refractivity contribution is 5.71. The van der Waals surface area contributed by atoms with Gasteiger partial charge in [-0.2, -0.15) is 0 Å². The van der Waals surface area contributed by atoms with Gasteiger partial charge in [0.1, 0.15) is 5.82 Å². The summed E-state index contributed by atoms with van der Waals surface area (Å²) in [5, 5.41) is 9.18. The van der Waals surface area contributed by atoms with E-state index in [0.29, 0.717) is 6.04 Å². The highest BCUT2D eigenvalue weighted by atomic mass is 19.1. The fraction of sp³-hybridized carbons (Fsp3) is 0.500. The Balaban J connectivity index is 1.74. The number of nitrogens with zero attached hydrogens (tertiary/aromatic N) is 1. The molecule has 2 heterocycles. The molecule has 1 N–H and O–H groups in total. The minimum atomic E-state index is -0.675. The molecule has 0 radical (unpaired) electrons. The molecule has 3 atom stereocenters. The van der Waals surface area contributed by atoms with Crippen LogP contribution in [0.3, 0.4) is 0 Å². The molecule has 0 saturated carbocycles. The highest BCUT2D eigenvalue weighted by Gasteiger charge is 2.48. The largest absolute Gasteiger partial charge is 0.481 e. The molecule has 2 bridgehead atoms. The smallest absolute Gasteiger partial charge is 0.308 e. The van der Waals surface area contributed by atoms with Gasteiger partial charge in [0.05, 0.1) is 5.92 Å². The lowest BCUT2D eigenvalue weighted by Crippen LogP contribution is -2.32. The second-order valence-corrected chi connectivity index (χ2v) is 5.28. The average molecular weight is 249 g/mol. The molecule has 18 heavy (non-hydrogen) atoms. The van der Waals surface area contributed by atoms with E-state index < -0.39 is 5.97 Å². The lowest BCUT2D eigenvalue weighted by molar-refractivity contribution is -0.142. The number of hydrogen-bond acceptors (Lipinski definition) is 2. The van der Waals surface area contributed by atoms with E-state index in [1.165, 1.54) is 12.1 Å². The molecule has 2 saturated heterocycles. The van der Waals surface area contributed by atoms with Gasteiger partial charge in [0.15, 0.2) is 0 Å².